The van der Waals surface area contributed by atoms with Crippen LogP contribution in [0.15, 0.2) is 54.6 Å². The lowest BCUT2D eigenvalue weighted by Crippen LogP contribution is -2.39. The highest BCUT2D eigenvalue weighted by Gasteiger charge is 2.20. The lowest BCUT2D eigenvalue weighted by Gasteiger charge is -2.21. The van der Waals surface area contributed by atoms with Gasteiger partial charge in [0.25, 0.3) is 0 Å². The minimum atomic E-state index is -0.194. The second kappa shape index (κ2) is 6.30. The molecule has 2 aromatic carbocycles. The van der Waals surface area contributed by atoms with Crippen molar-refractivity contribution in [3.63, 3.8) is 0 Å². The monoisotopic (exact) mass is 295 g/mol. The van der Waals surface area contributed by atoms with E-state index in [-0.39, 0.29) is 24.9 Å². The minimum Gasteiger partial charge on any atom is -0.374 e. The molecule has 0 saturated heterocycles. The van der Waals surface area contributed by atoms with Gasteiger partial charge in [0.15, 0.2) is 0 Å². The number of para-hydroxylation sites is 2. The molecule has 0 atom stereocenters. The molecule has 1 heterocycles. The van der Waals surface area contributed by atoms with E-state index in [0.29, 0.717) is 12.2 Å². The van der Waals surface area contributed by atoms with Crippen LogP contribution in [0.25, 0.3) is 0 Å². The number of nitrogens with zero attached hydrogens (tertiary/aromatic N) is 1. The largest absolute Gasteiger partial charge is 0.374 e. The summed E-state index contributed by atoms with van der Waals surface area (Å²) in [4.78, 5) is 26.1. The van der Waals surface area contributed by atoms with Crippen LogP contribution in [-0.4, -0.2) is 29.8 Å². The number of carbonyl (C=O) groups excluding carboxylic acids is 2. The Bertz CT molecular complexity index is 685. The summed E-state index contributed by atoms with van der Waals surface area (Å²) in [6, 6.07) is 17.0. The number of fused-ring (bicyclic) bond motifs is 1. The highest BCUT2D eigenvalue weighted by atomic mass is 16.2. The third-order valence-electron chi connectivity index (χ3n) is 3.53. The van der Waals surface area contributed by atoms with Gasteiger partial charge in [-0.2, -0.15) is 0 Å². The predicted molar refractivity (Wildman–Crippen MR) is 85.4 cm³/mol. The topological polar surface area (TPSA) is 61.4 Å². The molecule has 5 nitrogen and oxygen atoms in total. The number of carbonyl (C=O) groups is 2. The Labute approximate surface area is 128 Å². The Morgan fingerprint density at radius 1 is 0.909 bits per heavy atom. The van der Waals surface area contributed by atoms with Crippen LogP contribution in [0.2, 0.25) is 0 Å². The molecule has 0 unspecified atom stereocenters. The second-order valence-electron chi connectivity index (χ2n) is 5.18. The number of rotatable bonds is 2. The van der Waals surface area contributed by atoms with Gasteiger partial charge >= 0.3 is 0 Å². The lowest BCUT2D eigenvalue weighted by atomic mass is 10.2. The summed E-state index contributed by atoms with van der Waals surface area (Å²) in [6.45, 7) is 0.633. The number of hydrogen-bond acceptors (Lipinski definition) is 3. The predicted octanol–water partition coefficient (Wildman–Crippen LogP) is 2.08. The maximum atomic E-state index is 12.4. The van der Waals surface area contributed by atoms with E-state index in [1.807, 2.05) is 54.6 Å². The van der Waals surface area contributed by atoms with Gasteiger partial charge in [0.2, 0.25) is 11.8 Å². The molecule has 0 bridgehead atoms. The van der Waals surface area contributed by atoms with Crippen LogP contribution in [0.1, 0.15) is 5.56 Å². The van der Waals surface area contributed by atoms with Gasteiger partial charge < -0.3 is 15.5 Å². The summed E-state index contributed by atoms with van der Waals surface area (Å²) in [7, 11) is 0. The van der Waals surface area contributed by atoms with Crippen LogP contribution in [0.5, 0.6) is 0 Å². The van der Waals surface area contributed by atoms with Crippen molar-refractivity contribution in [3.05, 3.63) is 60.2 Å². The van der Waals surface area contributed by atoms with Gasteiger partial charge in [-0.25, -0.2) is 0 Å². The fraction of sp³-hybridized carbons (Fsp3) is 0.176. The average Bonchev–Trinajstić information content (AvgIpc) is 2.58. The molecule has 2 aromatic rings. The number of hydrogen-bond donors (Lipinski definition) is 2. The first-order valence-electron chi connectivity index (χ1n) is 7.17. The van der Waals surface area contributed by atoms with E-state index in [9.17, 15) is 9.59 Å². The number of nitrogens with one attached hydrogen (secondary N) is 2. The molecule has 0 aromatic heterocycles. The number of anilines is 2. The summed E-state index contributed by atoms with van der Waals surface area (Å²) in [5, 5.41) is 5.93. The van der Waals surface area contributed by atoms with Gasteiger partial charge in [-0.05, 0) is 17.7 Å². The Morgan fingerprint density at radius 2 is 1.59 bits per heavy atom. The Morgan fingerprint density at radius 3 is 2.36 bits per heavy atom. The first-order chi connectivity index (χ1) is 10.7. The maximum Gasteiger partial charge on any atom is 0.244 e. The van der Waals surface area contributed by atoms with Crippen LogP contribution in [0.4, 0.5) is 11.4 Å². The summed E-state index contributed by atoms with van der Waals surface area (Å²) in [6.07, 6.45) is 0. The van der Waals surface area contributed by atoms with Gasteiger partial charge in [-0.1, -0.05) is 42.5 Å². The smallest absolute Gasteiger partial charge is 0.244 e. The molecule has 0 spiro atoms. The fourth-order valence-electron chi connectivity index (χ4n) is 2.43. The Kier molecular flexibility index (Phi) is 4.05. The van der Waals surface area contributed by atoms with Crippen LogP contribution < -0.4 is 10.6 Å². The molecule has 0 saturated carbocycles. The van der Waals surface area contributed by atoms with Gasteiger partial charge in [0.05, 0.1) is 17.9 Å². The normalized spacial score (nSPS) is 15.0. The molecule has 0 fully saturated rings. The second-order valence-corrected chi connectivity index (χ2v) is 5.18. The van der Waals surface area contributed by atoms with E-state index in [1.165, 1.54) is 0 Å². The Hall–Kier alpha value is -2.82. The molecule has 0 aliphatic carbocycles. The van der Waals surface area contributed by atoms with E-state index >= 15 is 0 Å². The highest BCUT2D eigenvalue weighted by molar-refractivity contribution is 5.99. The van der Waals surface area contributed by atoms with Crippen molar-refractivity contribution < 1.29 is 9.59 Å². The lowest BCUT2D eigenvalue weighted by molar-refractivity contribution is -0.133. The molecule has 1 aliphatic rings. The zero-order chi connectivity index (χ0) is 15.4. The maximum absolute atomic E-state index is 12.4. The molecular weight excluding hydrogens is 278 g/mol. The first kappa shape index (κ1) is 14.1. The molecule has 2 N–H and O–H groups in total. The van der Waals surface area contributed by atoms with E-state index < -0.39 is 0 Å². The van der Waals surface area contributed by atoms with Crippen LogP contribution in [0.3, 0.4) is 0 Å². The van der Waals surface area contributed by atoms with Crippen molar-refractivity contribution >= 4 is 23.2 Å². The number of amides is 2. The molecule has 22 heavy (non-hydrogen) atoms. The van der Waals surface area contributed by atoms with Crippen LogP contribution in [0, 0.1) is 0 Å². The van der Waals surface area contributed by atoms with Crippen LogP contribution >= 0.6 is 0 Å². The summed E-state index contributed by atoms with van der Waals surface area (Å²) < 4.78 is 0. The van der Waals surface area contributed by atoms with Gasteiger partial charge in [0.1, 0.15) is 6.54 Å². The van der Waals surface area contributed by atoms with Crippen molar-refractivity contribution in [2.45, 2.75) is 6.54 Å². The van der Waals surface area contributed by atoms with Gasteiger partial charge in [0, 0.05) is 6.54 Å². The molecule has 5 heteroatoms. The molecule has 1 aliphatic heterocycles. The van der Waals surface area contributed by atoms with E-state index in [2.05, 4.69) is 10.6 Å². The quantitative estimate of drug-likeness (QED) is 0.891. The van der Waals surface area contributed by atoms with E-state index in [1.54, 1.807) is 4.90 Å². The molecule has 2 amide bonds. The van der Waals surface area contributed by atoms with E-state index in [4.69, 9.17) is 0 Å². The van der Waals surface area contributed by atoms with Gasteiger partial charge in [-0.3, -0.25) is 9.59 Å². The minimum absolute atomic E-state index is 0.0454. The summed E-state index contributed by atoms with van der Waals surface area (Å²) in [5.74, 6) is -0.295. The van der Waals surface area contributed by atoms with Crippen LogP contribution in [-0.2, 0) is 16.1 Å². The molecule has 0 radical (unpaired) electrons. The SMILES string of the molecule is O=C1CN(Cc2ccccc2)C(=O)CNc2ccccc2N1. The fourth-order valence-corrected chi connectivity index (χ4v) is 2.43. The standard InChI is InChI=1S/C17H17N3O2/c21-16-12-20(11-13-6-2-1-3-7-13)17(22)10-18-14-8-4-5-9-15(14)19-16/h1-9,18H,10-12H2,(H,19,21). The van der Waals surface area contributed by atoms with Crippen molar-refractivity contribution in [2.24, 2.45) is 0 Å². The van der Waals surface area contributed by atoms with E-state index in [0.717, 1.165) is 11.3 Å². The average molecular weight is 295 g/mol. The summed E-state index contributed by atoms with van der Waals surface area (Å²) >= 11 is 0. The van der Waals surface area contributed by atoms with Crippen molar-refractivity contribution in [1.29, 1.82) is 0 Å². The van der Waals surface area contributed by atoms with Crippen molar-refractivity contribution in [1.82, 2.24) is 4.90 Å². The van der Waals surface area contributed by atoms with Crippen molar-refractivity contribution in [3.8, 4) is 0 Å². The van der Waals surface area contributed by atoms with Gasteiger partial charge in [-0.15, -0.1) is 0 Å². The zero-order valence-corrected chi connectivity index (χ0v) is 12.1. The highest BCUT2D eigenvalue weighted by Crippen LogP contribution is 2.21. The zero-order valence-electron chi connectivity index (χ0n) is 12.1. The molecule has 112 valence electrons. The molecular formula is C17H17N3O2. The summed E-state index contributed by atoms with van der Waals surface area (Å²) in [5.41, 5.74) is 2.45. The third-order valence-corrected chi connectivity index (χ3v) is 3.53. The van der Waals surface area contributed by atoms with Crippen molar-refractivity contribution in [2.75, 3.05) is 23.7 Å². The first-order valence-corrected chi connectivity index (χ1v) is 7.17. The Balaban J connectivity index is 1.80. The number of benzene rings is 2. The molecule has 3 rings (SSSR count). The third kappa shape index (κ3) is 3.25.